The number of carbonyl (C=O) groups is 4. The van der Waals surface area contributed by atoms with E-state index in [0.717, 1.165) is 74.1 Å². The van der Waals surface area contributed by atoms with E-state index in [1.54, 1.807) is 24.3 Å². The third-order valence-corrected chi connectivity index (χ3v) is 13.4. The van der Waals surface area contributed by atoms with Crippen molar-refractivity contribution < 1.29 is 54.6 Å². The summed E-state index contributed by atoms with van der Waals surface area (Å²) in [5.74, 6) is -6.17. The molecule has 6 amide bonds. The Morgan fingerprint density at radius 3 is 1.64 bits per heavy atom. The molecule has 4 heterocycles. The SMILES string of the molecule is Cc1ccc(S(=O)(=O)C2CCCCO2)cc1.O=C(NC(=O)c1c(F)cccc1F)Nc1ccc(-c2nn[nH]n2)cc1Cl.O=C(NC(=O)c1c(F)cccc1F)Nc1ccc(-c2nnn(C3CCCCO3)n2)cc1Cl. The average molecular weight is 1080 g/mol. The van der Waals surface area contributed by atoms with Crippen molar-refractivity contribution in [3.05, 3.63) is 147 Å². The van der Waals surface area contributed by atoms with Crippen molar-refractivity contribution in [2.75, 3.05) is 23.8 Å². The van der Waals surface area contributed by atoms with Crippen molar-refractivity contribution in [3.63, 3.8) is 0 Å². The van der Waals surface area contributed by atoms with Gasteiger partial charge in [0.15, 0.2) is 11.7 Å². The molecule has 7 aromatic rings. The summed E-state index contributed by atoms with van der Waals surface area (Å²) < 4.78 is 89.8. The number of hydrogen-bond acceptors (Lipinski definition) is 14. The Labute approximate surface area is 428 Å². The number of aryl methyl sites for hydroxylation is 1. The summed E-state index contributed by atoms with van der Waals surface area (Å²) in [6.45, 7) is 3.13. The maximum absolute atomic E-state index is 13.7. The number of imide groups is 2. The Bertz CT molecular complexity index is 3210. The number of amides is 6. The molecule has 2 aromatic heterocycles. The van der Waals surface area contributed by atoms with Gasteiger partial charge in [0.1, 0.15) is 34.4 Å². The molecule has 20 nitrogen and oxygen atoms in total. The number of anilines is 2. The number of aromatic amines is 1. The number of halogens is 6. The molecular weight excluding hydrogens is 1040 g/mol. The highest BCUT2D eigenvalue weighted by Crippen LogP contribution is 2.30. The highest BCUT2D eigenvalue weighted by Gasteiger charge is 2.30. The second-order valence-corrected chi connectivity index (χ2v) is 18.9. The fraction of sp³-hybridized carbons (Fsp3) is 0.234. The lowest BCUT2D eigenvalue weighted by atomic mass is 10.2. The van der Waals surface area contributed by atoms with Crippen LogP contribution in [-0.4, -0.2) is 91.8 Å². The Kier molecular flexibility index (Phi) is 18.1. The number of tetrazole rings is 2. The van der Waals surface area contributed by atoms with Crippen LogP contribution in [0.5, 0.6) is 0 Å². The van der Waals surface area contributed by atoms with Crippen molar-refractivity contribution in [1.82, 2.24) is 51.5 Å². The van der Waals surface area contributed by atoms with Crippen molar-refractivity contribution in [3.8, 4) is 22.8 Å². The number of urea groups is 2. The molecule has 27 heteroatoms. The van der Waals surface area contributed by atoms with Gasteiger partial charge in [0.2, 0.25) is 21.5 Å². The first-order valence-corrected chi connectivity index (χ1v) is 24.6. The van der Waals surface area contributed by atoms with Crippen LogP contribution in [0.1, 0.15) is 71.0 Å². The van der Waals surface area contributed by atoms with Crippen LogP contribution >= 0.6 is 23.2 Å². The summed E-state index contributed by atoms with van der Waals surface area (Å²) in [5, 5.41) is 34.2. The Balaban J connectivity index is 0.000000171. The van der Waals surface area contributed by atoms with Gasteiger partial charge in [-0.05, 0) is 129 Å². The number of benzene rings is 5. The molecule has 0 radical (unpaired) electrons. The summed E-state index contributed by atoms with van der Waals surface area (Å²) in [6, 6.07) is 19.8. The van der Waals surface area contributed by atoms with Gasteiger partial charge in [-0.3, -0.25) is 20.2 Å². The van der Waals surface area contributed by atoms with Gasteiger partial charge < -0.3 is 20.1 Å². The summed E-state index contributed by atoms with van der Waals surface area (Å²) in [4.78, 5) is 49.7. The van der Waals surface area contributed by atoms with E-state index in [-0.39, 0.29) is 27.6 Å². The number of H-pyrrole nitrogens is 1. The zero-order valence-corrected chi connectivity index (χ0v) is 41.0. The van der Waals surface area contributed by atoms with Gasteiger partial charge in [-0.25, -0.2) is 35.6 Å². The lowest BCUT2D eigenvalue weighted by Crippen LogP contribution is -2.35. The van der Waals surface area contributed by atoms with Crippen molar-refractivity contribution in [2.45, 2.75) is 62.0 Å². The maximum Gasteiger partial charge on any atom is 0.326 e. The van der Waals surface area contributed by atoms with Crippen LogP contribution in [0.3, 0.4) is 0 Å². The average Bonchev–Trinajstić information content (AvgIpc) is 4.11. The topological polar surface area (TPSA) is 267 Å². The fourth-order valence-electron chi connectivity index (χ4n) is 7.07. The lowest BCUT2D eigenvalue weighted by Gasteiger charge is -2.22. The molecule has 0 bridgehead atoms. The van der Waals surface area contributed by atoms with E-state index >= 15 is 0 Å². The number of nitrogens with one attached hydrogen (secondary N) is 5. The number of aromatic nitrogens is 8. The first kappa shape index (κ1) is 54.1. The quantitative estimate of drug-likeness (QED) is 0.0845. The van der Waals surface area contributed by atoms with Gasteiger partial charge in [-0.15, -0.1) is 25.2 Å². The normalized spacial score (nSPS) is 15.3. The lowest BCUT2D eigenvalue weighted by molar-refractivity contribution is -0.0488. The molecule has 5 N–H and O–H groups in total. The van der Waals surface area contributed by atoms with Crippen molar-refractivity contribution in [2.24, 2.45) is 0 Å². The first-order chi connectivity index (χ1) is 35.5. The second-order valence-electron chi connectivity index (χ2n) is 16.0. The third kappa shape index (κ3) is 13.9. The number of rotatable bonds is 9. The third-order valence-electron chi connectivity index (χ3n) is 10.8. The van der Waals surface area contributed by atoms with Gasteiger partial charge in [0.25, 0.3) is 11.8 Å². The molecule has 2 saturated heterocycles. The zero-order valence-electron chi connectivity index (χ0n) is 38.6. The van der Waals surface area contributed by atoms with Crippen LogP contribution < -0.4 is 21.3 Å². The van der Waals surface area contributed by atoms with Crippen molar-refractivity contribution in [1.29, 1.82) is 0 Å². The minimum atomic E-state index is -3.30. The Hall–Kier alpha value is -7.71. The Morgan fingerprint density at radius 2 is 1.18 bits per heavy atom. The van der Waals surface area contributed by atoms with E-state index in [0.29, 0.717) is 47.3 Å². The van der Waals surface area contributed by atoms with Gasteiger partial charge in [-0.2, -0.15) is 5.21 Å². The predicted molar refractivity (Wildman–Crippen MR) is 259 cm³/mol. The van der Waals surface area contributed by atoms with Crippen LogP contribution in [0.4, 0.5) is 38.5 Å². The fourth-order valence-corrected chi connectivity index (χ4v) is 9.09. The van der Waals surface area contributed by atoms with Gasteiger partial charge in [-0.1, -0.05) is 53.0 Å². The van der Waals surface area contributed by atoms with Gasteiger partial charge in [0.05, 0.1) is 26.3 Å². The highest BCUT2D eigenvalue weighted by atomic mass is 35.5. The van der Waals surface area contributed by atoms with E-state index in [9.17, 15) is 45.2 Å². The van der Waals surface area contributed by atoms with Crippen molar-refractivity contribution >= 4 is 68.3 Å². The highest BCUT2D eigenvalue weighted by molar-refractivity contribution is 7.92. The minimum Gasteiger partial charge on any atom is -0.362 e. The second kappa shape index (κ2) is 24.8. The van der Waals surface area contributed by atoms with Crippen LogP contribution in [0.15, 0.2) is 102 Å². The molecule has 74 heavy (non-hydrogen) atoms. The number of carbonyl (C=O) groups excluding carboxylic acids is 4. The van der Waals surface area contributed by atoms with Crippen LogP contribution in [-0.2, 0) is 19.3 Å². The molecule has 9 rings (SSSR count). The minimum absolute atomic E-state index is 0.131. The summed E-state index contributed by atoms with van der Waals surface area (Å²) >= 11 is 12.3. The van der Waals surface area contributed by atoms with E-state index in [1.807, 2.05) is 29.7 Å². The molecule has 0 aliphatic carbocycles. The van der Waals surface area contributed by atoms with E-state index < -0.39 is 73.5 Å². The van der Waals surface area contributed by atoms with E-state index in [2.05, 4.69) is 46.7 Å². The molecule has 386 valence electrons. The maximum atomic E-state index is 13.7. The Morgan fingerprint density at radius 1 is 0.662 bits per heavy atom. The summed E-state index contributed by atoms with van der Waals surface area (Å²) in [6.07, 6.45) is 5.04. The molecule has 0 saturated carbocycles. The zero-order chi connectivity index (χ0) is 52.9. The van der Waals surface area contributed by atoms with Crippen LogP contribution in [0.25, 0.3) is 22.8 Å². The molecule has 2 unspecified atom stereocenters. The largest absolute Gasteiger partial charge is 0.362 e. The number of nitrogens with zero attached hydrogens (tertiary/aromatic N) is 7. The van der Waals surface area contributed by atoms with Crippen LogP contribution in [0.2, 0.25) is 10.0 Å². The van der Waals surface area contributed by atoms with Crippen LogP contribution in [0, 0.1) is 30.2 Å². The van der Waals surface area contributed by atoms with Gasteiger partial charge >= 0.3 is 12.1 Å². The molecular formula is C47H42Cl2F4N12O8S. The standard InChI is InChI=1S/C20H17ClF2N6O3.C15H9ClF2N6O2.C12H16O3S/c21-12-10-11(18-26-28-29(27-18)16-6-1-2-9-32-16)7-8-15(12)24-20(31)25-19(30)17-13(22)4-3-5-14(17)23;16-8-6-7(13-21-23-24-22-13)4-5-11(8)19-15(26)20-14(25)12-9(17)2-1-3-10(12)18;1-10-5-7-11(8-6-10)16(13,14)12-4-2-3-9-15-12/h3-5,7-8,10,16H,1-2,6,9H2,(H2,24,25,30,31);1-6H,(H2,19,20,25,26)(H,21,22,23,24);5-8,12H,2-4,9H2,1H3. The molecule has 2 aliphatic rings. The molecule has 2 fully saturated rings. The molecule has 2 aliphatic heterocycles. The van der Waals surface area contributed by atoms with E-state index in [4.69, 9.17) is 32.7 Å². The van der Waals surface area contributed by atoms with Gasteiger partial charge in [0, 0.05) is 24.3 Å². The smallest absolute Gasteiger partial charge is 0.326 e. The number of ether oxygens (including phenoxy) is 2. The van der Waals surface area contributed by atoms with E-state index in [1.165, 1.54) is 29.1 Å². The number of sulfone groups is 1. The molecule has 0 spiro atoms. The summed E-state index contributed by atoms with van der Waals surface area (Å²) in [5.41, 5.74) is 0.108. The predicted octanol–water partition coefficient (Wildman–Crippen LogP) is 8.99. The molecule has 2 atom stereocenters. The number of hydrogen-bond donors (Lipinski definition) is 5. The monoisotopic (exact) mass is 1080 g/mol. The first-order valence-electron chi connectivity index (χ1n) is 22.3. The molecule has 5 aromatic carbocycles. The summed E-state index contributed by atoms with van der Waals surface area (Å²) in [7, 11) is -3.30.